The van der Waals surface area contributed by atoms with E-state index in [1.807, 2.05) is 18.7 Å². The predicted molar refractivity (Wildman–Crippen MR) is 79.1 cm³/mol. The van der Waals surface area contributed by atoms with E-state index in [0.717, 1.165) is 32.6 Å². The summed E-state index contributed by atoms with van der Waals surface area (Å²) in [4.78, 5) is 27.8. The van der Waals surface area contributed by atoms with Crippen LogP contribution in [0.3, 0.4) is 0 Å². The van der Waals surface area contributed by atoms with E-state index >= 15 is 0 Å². The monoisotopic (exact) mass is 284 g/mol. The summed E-state index contributed by atoms with van der Waals surface area (Å²) < 4.78 is 0. The van der Waals surface area contributed by atoms with Crippen LogP contribution < -0.4 is 11.1 Å². The minimum Gasteiger partial charge on any atom is -0.354 e. The molecule has 1 heterocycles. The number of piperazine rings is 1. The van der Waals surface area contributed by atoms with Crippen molar-refractivity contribution in [2.75, 3.05) is 39.8 Å². The van der Waals surface area contributed by atoms with Crippen LogP contribution in [-0.4, -0.2) is 67.4 Å². The summed E-state index contributed by atoms with van der Waals surface area (Å²) >= 11 is 0. The Morgan fingerprint density at radius 2 is 1.85 bits per heavy atom. The zero-order valence-electron chi connectivity index (χ0n) is 12.9. The Balaban J connectivity index is 2.23. The van der Waals surface area contributed by atoms with Crippen molar-refractivity contribution in [1.82, 2.24) is 15.1 Å². The Kier molecular flexibility index (Phi) is 6.95. The number of rotatable bonds is 6. The van der Waals surface area contributed by atoms with E-state index in [9.17, 15) is 9.59 Å². The fraction of sp³-hybridized carbons (Fsp3) is 0.857. The fourth-order valence-corrected chi connectivity index (χ4v) is 2.14. The van der Waals surface area contributed by atoms with Crippen LogP contribution in [0.2, 0.25) is 0 Å². The van der Waals surface area contributed by atoms with E-state index in [2.05, 4.69) is 17.3 Å². The molecule has 0 aromatic carbocycles. The molecule has 1 aliphatic heterocycles. The molecule has 0 bridgehead atoms. The molecule has 1 saturated heterocycles. The van der Waals surface area contributed by atoms with Crippen molar-refractivity contribution in [3.63, 3.8) is 0 Å². The van der Waals surface area contributed by atoms with Gasteiger partial charge in [-0.15, -0.1) is 0 Å². The minimum atomic E-state index is -0.487. The summed E-state index contributed by atoms with van der Waals surface area (Å²) in [7, 11) is 2.05. The number of amides is 2. The van der Waals surface area contributed by atoms with Crippen LogP contribution >= 0.6 is 0 Å². The maximum atomic E-state index is 12.0. The van der Waals surface area contributed by atoms with Gasteiger partial charge >= 0.3 is 0 Å². The number of nitrogens with one attached hydrogen (secondary N) is 1. The quantitative estimate of drug-likeness (QED) is 0.698. The smallest absolute Gasteiger partial charge is 0.237 e. The van der Waals surface area contributed by atoms with Gasteiger partial charge in [-0.3, -0.25) is 9.59 Å². The molecule has 3 N–H and O–H groups in total. The number of likely N-dealkylation sites (N-methyl/N-ethyl adjacent to an activating group) is 1. The molecule has 1 aliphatic rings. The lowest BCUT2D eigenvalue weighted by Gasteiger charge is -2.32. The summed E-state index contributed by atoms with van der Waals surface area (Å²) in [6.45, 7) is 7.71. The second-order valence-corrected chi connectivity index (χ2v) is 5.64. The van der Waals surface area contributed by atoms with Crippen molar-refractivity contribution in [3.05, 3.63) is 0 Å². The molecule has 1 fully saturated rings. The zero-order chi connectivity index (χ0) is 15.1. The van der Waals surface area contributed by atoms with Crippen LogP contribution in [0.15, 0.2) is 0 Å². The lowest BCUT2D eigenvalue weighted by molar-refractivity contribution is -0.132. The topological polar surface area (TPSA) is 78.7 Å². The number of nitrogens with two attached hydrogens (primary N) is 1. The lowest BCUT2D eigenvalue weighted by Crippen LogP contribution is -2.48. The summed E-state index contributed by atoms with van der Waals surface area (Å²) in [5.74, 6) is 0.101. The van der Waals surface area contributed by atoms with Gasteiger partial charge in [0.25, 0.3) is 0 Å². The largest absolute Gasteiger partial charge is 0.354 e. The van der Waals surface area contributed by atoms with Gasteiger partial charge in [0.15, 0.2) is 0 Å². The Morgan fingerprint density at radius 3 is 2.40 bits per heavy atom. The van der Waals surface area contributed by atoms with Crippen LogP contribution in [0.4, 0.5) is 0 Å². The molecule has 116 valence electrons. The van der Waals surface area contributed by atoms with Gasteiger partial charge in [0.1, 0.15) is 0 Å². The minimum absolute atomic E-state index is 0.107. The number of nitrogens with zero attached hydrogens (tertiary/aromatic N) is 2. The third kappa shape index (κ3) is 5.09. The van der Waals surface area contributed by atoms with Crippen molar-refractivity contribution < 1.29 is 9.59 Å². The molecule has 2 amide bonds. The lowest BCUT2D eigenvalue weighted by atomic mass is 9.99. The first-order valence-corrected chi connectivity index (χ1v) is 7.45. The molecule has 1 rings (SSSR count). The van der Waals surface area contributed by atoms with Crippen LogP contribution in [0.5, 0.6) is 0 Å². The standard InChI is InChI=1S/C14H28N4O2/c1-4-11(2)13(15)14(20)16-6-5-12(19)18-9-7-17(3)8-10-18/h11,13H,4-10,15H2,1-3H3,(H,16,20). The number of carbonyl (C=O) groups is 2. The SMILES string of the molecule is CCC(C)C(N)C(=O)NCCC(=O)N1CCN(C)CC1. The van der Waals surface area contributed by atoms with E-state index in [0.29, 0.717) is 13.0 Å². The van der Waals surface area contributed by atoms with Gasteiger partial charge < -0.3 is 20.9 Å². The summed E-state index contributed by atoms with van der Waals surface area (Å²) in [6, 6.07) is -0.487. The van der Waals surface area contributed by atoms with Crippen LogP contribution in [-0.2, 0) is 9.59 Å². The Bertz CT molecular complexity index is 327. The Morgan fingerprint density at radius 1 is 1.25 bits per heavy atom. The van der Waals surface area contributed by atoms with E-state index in [1.165, 1.54) is 0 Å². The highest BCUT2D eigenvalue weighted by molar-refractivity contribution is 5.82. The first kappa shape index (κ1) is 16.9. The van der Waals surface area contributed by atoms with Crippen LogP contribution in [0, 0.1) is 5.92 Å². The van der Waals surface area contributed by atoms with Gasteiger partial charge in [0.2, 0.25) is 11.8 Å². The molecule has 0 spiro atoms. The normalized spacial score (nSPS) is 19.5. The average Bonchev–Trinajstić information content (AvgIpc) is 2.45. The maximum absolute atomic E-state index is 12.0. The Labute approximate surface area is 121 Å². The molecule has 6 nitrogen and oxygen atoms in total. The van der Waals surface area contributed by atoms with Crippen LogP contribution in [0.25, 0.3) is 0 Å². The highest BCUT2D eigenvalue weighted by Crippen LogP contribution is 2.05. The first-order valence-electron chi connectivity index (χ1n) is 7.45. The van der Waals surface area contributed by atoms with Crippen molar-refractivity contribution in [2.24, 2.45) is 11.7 Å². The van der Waals surface area contributed by atoms with E-state index in [-0.39, 0.29) is 17.7 Å². The summed E-state index contributed by atoms with van der Waals surface area (Å²) in [5, 5.41) is 2.75. The molecule has 6 heteroatoms. The zero-order valence-corrected chi connectivity index (χ0v) is 12.9. The molecule has 20 heavy (non-hydrogen) atoms. The summed E-state index contributed by atoms with van der Waals surface area (Å²) in [6.07, 6.45) is 1.22. The molecule has 0 aliphatic carbocycles. The van der Waals surface area contributed by atoms with E-state index in [4.69, 9.17) is 5.73 Å². The van der Waals surface area contributed by atoms with Gasteiger partial charge in [0.05, 0.1) is 6.04 Å². The van der Waals surface area contributed by atoms with Crippen molar-refractivity contribution in [2.45, 2.75) is 32.7 Å². The second kappa shape index (κ2) is 8.21. The first-order chi connectivity index (χ1) is 9.45. The second-order valence-electron chi connectivity index (χ2n) is 5.64. The predicted octanol–water partition coefficient (Wildman–Crippen LogP) is -0.360. The van der Waals surface area contributed by atoms with E-state index < -0.39 is 6.04 Å². The third-order valence-corrected chi connectivity index (χ3v) is 4.05. The van der Waals surface area contributed by atoms with Crippen molar-refractivity contribution in [1.29, 1.82) is 0 Å². The molecule has 2 atom stereocenters. The number of carbonyl (C=O) groups excluding carboxylic acids is 2. The molecular formula is C14H28N4O2. The van der Waals surface area contributed by atoms with Gasteiger partial charge in [0, 0.05) is 39.1 Å². The highest BCUT2D eigenvalue weighted by atomic mass is 16.2. The summed E-state index contributed by atoms with van der Waals surface area (Å²) in [5.41, 5.74) is 5.83. The third-order valence-electron chi connectivity index (χ3n) is 4.05. The number of hydrogen-bond donors (Lipinski definition) is 2. The molecule has 0 aromatic heterocycles. The van der Waals surface area contributed by atoms with E-state index in [1.54, 1.807) is 0 Å². The molecule has 0 aromatic rings. The molecular weight excluding hydrogens is 256 g/mol. The Hall–Kier alpha value is -1.14. The van der Waals surface area contributed by atoms with Crippen LogP contribution in [0.1, 0.15) is 26.7 Å². The van der Waals surface area contributed by atoms with Gasteiger partial charge in [-0.05, 0) is 13.0 Å². The number of hydrogen-bond acceptors (Lipinski definition) is 4. The fourth-order valence-electron chi connectivity index (χ4n) is 2.14. The molecule has 0 radical (unpaired) electrons. The average molecular weight is 284 g/mol. The maximum Gasteiger partial charge on any atom is 0.237 e. The van der Waals surface area contributed by atoms with Crippen molar-refractivity contribution >= 4 is 11.8 Å². The highest BCUT2D eigenvalue weighted by Gasteiger charge is 2.21. The molecule has 2 unspecified atom stereocenters. The van der Waals surface area contributed by atoms with Gasteiger partial charge in [-0.1, -0.05) is 20.3 Å². The van der Waals surface area contributed by atoms with Gasteiger partial charge in [-0.2, -0.15) is 0 Å². The van der Waals surface area contributed by atoms with Gasteiger partial charge in [-0.25, -0.2) is 0 Å². The molecule has 0 saturated carbocycles. The van der Waals surface area contributed by atoms with Crippen molar-refractivity contribution in [3.8, 4) is 0 Å².